The maximum absolute atomic E-state index is 14.0. The van der Waals surface area contributed by atoms with Gasteiger partial charge in [-0.25, -0.2) is 9.18 Å². The molecule has 1 atom stereocenters. The molecule has 1 aromatic rings. The van der Waals surface area contributed by atoms with Crippen LogP contribution in [0.5, 0.6) is 5.75 Å². The third kappa shape index (κ3) is 3.98. The average molecular weight is 335 g/mol. The summed E-state index contributed by atoms with van der Waals surface area (Å²) in [6.07, 6.45) is 4.91. The number of amides is 2. The van der Waals surface area contributed by atoms with Crippen LogP contribution < -0.4 is 10.1 Å². The summed E-state index contributed by atoms with van der Waals surface area (Å²) in [5.74, 6) is 0.371. The number of likely N-dealkylation sites (tertiary alicyclic amines) is 2. The van der Waals surface area contributed by atoms with Crippen LogP contribution in [0.15, 0.2) is 18.2 Å². The summed E-state index contributed by atoms with van der Waals surface area (Å²) in [5, 5.41) is 2.67. The number of nitrogens with zero attached hydrogens (tertiary/aromatic N) is 2. The Morgan fingerprint density at radius 1 is 1.29 bits per heavy atom. The van der Waals surface area contributed by atoms with Crippen LogP contribution in [0.25, 0.3) is 0 Å². The molecule has 132 valence electrons. The van der Waals surface area contributed by atoms with Crippen LogP contribution in [0.2, 0.25) is 0 Å². The second kappa shape index (κ2) is 7.83. The Hall–Kier alpha value is -1.82. The van der Waals surface area contributed by atoms with E-state index in [9.17, 15) is 9.18 Å². The van der Waals surface area contributed by atoms with E-state index >= 15 is 0 Å². The Balaban J connectivity index is 1.55. The molecule has 1 aromatic carbocycles. The molecule has 2 saturated heterocycles. The normalized spacial score (nSPS) is 21.8. The highest BCUT2D eigenvalue weighted by atomic mass is 19.1. The van der Waals surface area contributed by atoms with Gasteiger partial charge >= 0.3 is 6.03 Å². The minimum Gasteiger partial charge on any atom is -0.494 e. The first-order valence-electron chi connectivity index (χ1n) is 8.78. The van der Waals surface area contributed by atoms with Gasteiger partial charge in [-0.2, -0.15) is 0 Å². The van der Waals surface area contributed by atoms with Gasteiger partial charge < -0.3 is 19.9 Å². The largest absolute Gasteiger partial charge is 0.494 e. The number of methoxy groups -OCH3 is 1. The smallest absolute Gasteiger partial charge is 0.322 e. The van der Waals surface area contributed by atoms with Crippen molar-refractivity contribution in [2.24, 2.45) is 5.92 Å². The van der Waals surface area contributed by atoms with Crippen LogP contribution in [0.4, 0.5) is 14.9 Å². The monoisotopic (exact) mass is 335 g/mol. The highest BCUT2D eigenvalue weighted by molar-refractivity contribution is 5.91. The fourth-order valence-electron chi connectivity index (χ4n) is 3.66. The number of piperidine rings is 1. The first-order valence-corrected chi connectivity index (χ1v) is 8.78. The van der Waals surface area contributed by atoms with Crippen molar-refractivity contribution in [3.63, 3.8) is 0 Å². The Labute approximate surface area is 142 Å². The van der Waals surface area contributed by atoms with Gasteiger partial charge in [-0.1, -0.05) is 12.5 Å². The van der Waals surface area contributed by atoms with E-state index in [2.05, 4.69) is 10.2 Å². The van der Waals surface area contributed by atoms with E-state index in [-0.39, 0.29) is 11.7 Å². The average Bonchev–Trinajstić information content (AvgIpc) is 3.06. The van der Waals surface area contributed by atoms with Gasteiger partial charge in [-0.05, 0) is 50.4 Å². The van der Waals surface area contributed by atoms with Gasteiger partial charge in [0.1, 0.15) is 11.4 Å². The van der Waals surface area contributed by atoms with Gasteiger partial charge in [0.05, 0.1) is 7.11 Å². The zero-order valence-corrected chi connectivity index (χ0v) is 14.3. The molecule has 0 unspecified atom stereocenters. The number of hydrogen-bond donors (Lipinski definition) is 1. The maximum atomic E-state index is 14.0. The van der Waals surface area contributed by atoms with Crippen molar-refractivity contribution < 1.29 is 13.9 Å². The minimum atomic E-state index is -0.480. The molecule has 2 aliphatic rings. The van der Waals surface area contributed by atoms with Crippen LogP contribution in [0.1, 0.15) is 25.7 Å². The first kappa shape index (κ1) is 17.0. The molecule has 0 radical (unpaired) electrons. The van der Waals surface area contributed by atoms with E-state index < -0.39 is 5.82 Å². The zero-order chi connectivity index (χ0) is 16.9. The van der Waals surface area contributed by atoms with Gasteiger partial charge in [0.25, 0.3) is 0 Å². The van der Waals surface area contributed by atoms with Crippen molar-refractivity contribution in [2.45, 2.75) is 25.7 Å². The number of halogens is 1. The molecule has 0 aromatic heterocycles. The lowest BCUT2D eigenvalue weighted by Gasteiger charge is -2.29. The molecule has 3 rings (SSSR count). The number of nitrogens with one attached hydrogen (secondary N) is 1. The number of rotatable bonds is 4. The number of ether oxygens (including phenoxy) is 1. The summed E-state index contributed by atoms with van der Waals surface area (Å²) in [7, 11) is 1.47. The highest BCUT2D eigenvalue weighted by Gasteiger charge is 2.28. The van der Waals surface area contributed by atoms with Gasteiger partial charge in [0, 0.05) is 19.6 Å². The molecule has 2 heterocycles. The molecular formula is C18H26FN3O2. The third-order valence-corrected chi connectivity index (χ3v) is 4.97. The van der Waals surface area contributed by atoms with Crippen LogP contribution in [0, 0.1) is 11.7 Å². The highest BCUT2D eigenvalue weighted by Crippen LogP contribution is 2.28. The van der Waals surface area contributed by atoms with E-state index in [1.165, 1.54) is 45.5 Å². The quantitative estimate of drug-likeness (QED) is 0.919. The van der Waals surface area contributed by atoms with Crippen LogP contribution in [0.3, 0.4) is 0 Å². The lowest BCUT2D eigenvalue weighted by molar-refractivity contribution is 0.192. The molecule has 2 aliphatic heterocycles. The van der Waals surface area contributed by atoms with Crippen LogP contribution in [-0.4, -0.2) is 55.7 Å². The molecule has 24 heavy (non-hydrogen) atoms. The molecule has 6 heteroatoms. The van der Waals surface area contributed by atoms with Crippen LogP contribution >= 0.6 is 0 Å². The topological polar surface area (TPSA) is 44.8 Å². The summed E-state index contributed by atoms with van der Waals surface area (Å²) in [6, 6.07) is 4.27. The second-order valence-electron chi connectivity index (χ2n) is 6.71. The Morgan fingerprint density at radius 2 is 2.08 bits per heavy atom. The van der Waals surface area contributed by atoms with Crippen molar-refractivity contribution >= 4 is 11.7 Å². The molecule has 0 aliphatic carbocycles. The van der Waals surface area contributed by atoms with E-state index in [4.69, 9.17) is 4.74 Å². The summed E-state index contributed by atoms with van der Waals surface area (Å²) in [4.78, 5) is 16.7. The van der Waals surface area contributed by atoms with Crippen LogP contribution in [-0.2, 0) is 0 Å². The number of para-hydroxylation sites is 1. The number of benzene rings is 1. The van der Waals surface area contributed by atoms with E-state index in [0.717, 1.165) is 26.1 Å². The molecular weight excluding hydrogens is 309 g/mol. The van der Waals surface area contributed by atoms with E-state index in [0.29, 0.717) is 11.7 Å². The second-order valence-corrected chi connectivity index (χ2v) is 6.71. The summed E-state index contributed by atoms with van der Waals surface area (Å²) in [5.41, 5.74) is 0.115. The van der Waals surface area contributed by atoms with Crippen molar-refractivity contribution in [3.05, 3.63) is 24.0 Å². The number of anilines is 1. The molecule has 5 nitrogen and oxygen atoms in total. The van der Waals surface area contributed by atoms with Crippen molar-refractivity contribution in [1.29, 1.82) is 0 Å². The van der Waals surface area contributed by atoms with Crippen molar-refractivity contribution in [1.82, 2.24) is 9.80 Å². The third-order valence-electron chi connectivity index (χ3n) is 4.97. The van der Waals surface area contributed by atoms with Crippen molar-refractivity contribution in [3.8, 4) is 5.75 Å². The maximum Gasteiger partial charge on any atom is 0.322 e. The number of carbonyl (C=O) groups is 1. The summed E-state index contributed by atoms with van der Waals surface area (Å²) in [6.45, 7) is 4.87. The predicted molar refractivity (Wildman–Crippen MR) is 91.9 cm³/mol. The molecule has 2 fully saturated rings. The van der Waals surface area contributed by atoms with E-state index in [1.54, 1.807) is 17.0 Å². The summed E-state index contributed by atoms with van der Waals surface area (Å²) >= 11 is 0. The molecule has 0 saturated carbocycles. The lowest BCUT2D eigenvalue weighted by atomic mass is 10.1. The predicted octanol–water partition coefficient (Wildman–Crippen LogP) is 3.17. The fraction of sp³-hybridized carbons (Fsp3) is 0.611. The number of hydrogen-bond acceptors (Lipinski definition) is 3. The molecule has 2 amide bonds. The molecule has 0 bridgehead atoms. The molecule has 1 N–H and O–H groups in total. The van der Waals surface area contributed by atoms with Gasteiger partial charge in [0.2, 0.25) is 0 Å². The summed E-state index contributed by atoms with van der Waals surface area (Å²) < 4.78 is 19.1. The minimum absolute atomic E-state index is 0.115. The zero-order valence-electron chi connectivity index (χ0n) is 14.3. The molecule has 0 spiro atoms. The first-order chi connectivity index (χ1) is 11.7. The SMILES string of the molecule is COc1cccc(F)c1NC(=O)N1CC[C@@H](CN2CCCCC2)C1. The van der Waals surface area contributed by atoms with Gasteiger partial charge in [-0.15, -0.1) is 0 Å². The fourth-order valence-corrected chi connectivity index (χ4v) is 3.66. The van der Waals surface area contributed by atoms with Gasteiger partial charge in [-0.3, -0.25) is 0 Å². The van der Waals surface area contributed by atoms with Gasteiger partial charge in [0.15, 0.2) is 5.82 Å². The van der Waals surface area contributed by atoms with Crippen molar-refractivity contribution in [2.75, 3.05) is 45.2 Å². The number of carbonyl (C=O) groups excluding carboxylic acids is 1. The standard InChI is InChI=1S/C18H26FN3O2/c1-24-16-7-5-6-15(19)17(16)20-18(23)22-11-8-14(13-22)12-21-9-3-2-4-10-21/h5-7,14H,2-4,8-13H2,1H3,(H,20,23)/t14-/m0/s1. The Kier molecular flexibility index (Phi) is 5.56. The van der Waals surface area contributed by atoms with E-state index in [1.807, 2.05) is 0 Å². The Morgan fingerprint density at radius 3 is 2.83 bits per heavy atom. The lowest BCUT2D eigenvalue weighted by Crippen LogP contribution is -2.37. The number of urea groups is 1. The Bertz CT molecular complexity index is 575.